The number of aromatic nitrogens is 1. The van der Waals surface area contributed by atoms with E-state index in [2.05, 4.69) is 46.5 Å². The summed E-state index contributed by atoms with van der Waals surface area (Å²) in [6, 6.07) is 7.74. The molecule has 2 aromatic rings. The molecule has 0 radical (unpaired) electrons. The molecule has 0 aliphatic heterocycles. The highest BCUT2D eigenvalue weighted by Gasteiger charge is 2.48. The van der Waals surface area contributed by atoms with Gasteiger partial charge in [0.05, 0.1) is 17.4 Å². The van der Waals surface area contributed by atoms with Crippen molar-refractivity contribution in [2.24, 2.45) is 0 Å². The van der Waals surface area contributed by atoms with Crippen LogP contribution >= 0.6 is 0 Å². The minimum Gasteiger partial charge on any atom is -0.408 e. The van der Waals surface area contributed by atoms with Crippen molar-refractivity contribution < 1.29 is 18.3 Å². The lowest BCUT2D eigenvalue weighted by molar-refractivity contribution is 0.0150. The second-order valence-corrected chi connectivity index (χ2v) is 15.2. The predicted molar refractivity (Wildman–Crippen MR) is 122 cm³/mol. The van der Waals surface area contributed by atoms with E-state index in [1.165, 1.54) is 12.1 Å². The van der Waals surface area contributed by atoms with Crippen LogP contribution in [-0.2, 0) is 16.4 Å². The quantitative estimate of drug-likeness (QED) is 0.390. The number of nitrogens with zero attached hydrogens (tertiary/aromatic N) is 1. The average Bonchev–Trinajstić information content (AvgIpc) is 2.84. The van der Waals surface area contributed by atoms with E-state index < -0.39 is 25.6 Å². The first-order valence-corrected chi connectivity index (χ1v) is 13.5. The molecule has 0 unspecified atom stereocenters. The third kappa shape index (κ3) is 4.35. The van der Waals surface area contributed by atoms with Gasteiger partial charge in [0.25, 0.3) is 0 Å². The number of fused-ring (bicyclic) bond motifs is 1. The molecule has 1 aliphatic carbocycles. The minimum absolute atomic E-state index is 0.00281. The number of pyridine rings is 1. The maximum absolute atomic E-state index is 14.7. The van der Waals surface area contributed by atoms with Gasteiger partial charge in [0, 0.05) is 18.2 Å². The van der Waals surface area contributed by atoms with Crippen LogP contribution in [0.2, 0.25) is 16.6 Å². The van der Waals surface area contributed by atoms with E-state index in [9.17, 15) is 13.9 Å². The molecule has 0 amide bonds. The summed E-state index contributed by atoms with van der Waals surface area (Å²) < 4.78 is 35.7. The average molecular weight is 448 g/mol. The van der Waals surface area contributed by atoms with Gasteiger partial charge in [-0.3, -0.25) is 4.98 Å². The Morgan fingerprint density at radius 3 is 2.29 bits per heavy atom. The molecule has 0 saturated carbocycles. The fourth-order valence-electron chi connectivity index (χ4n) is 5.66. The molecule has 1 aromatic carbocycles. The van der Waals surface area contributed by atoms with Crippen LogP contribution in [-0.4, -0.2) is 18.4 Å². The fourth-order valence-corrected chi connectivity index (χ4v) is 11.2. The number of hydrogen-bond donors (Lipinski definition) is 1. The summed E-state index contributed by atoms with van der Waals surface area (Å²) >= 11 is 0. The molecule has 0 spiro atoms. The maximum Gasteiger partial charge on any atom is 0.201 e. The highest BCUT2D eigenvalue weighted by Crippen LogP contribution is 2.48. The first kappa shape index (κ1) is 24.0. The Morgan fingerprint density at radius 2 is 1.68 bits per heavy atom. The highest BCUT2D eigenvalue weighted by molar-refractivity contribution is 6.77. The molecule has 1 N–H and O–H groups in total. The van der Waals surface area contributed by atoms with Gasteiger partial charge in [0.1, 0.15) is 0 Å². The third-order valence-electron chi connectivity index (χ3n) is 7.04. The number of aliphatic hydroxyl groups is 1. The predicted octanol–water partition coefficient (Wildman–Crippen LogP) is 6.82. The first-order valence-electron chi connectivity index (χ1n) is 11.3. The standard InChI is InChI=1S/C25H35F2NO2Si/c1-16(2)31(17(3)4,18(5)6)30-22-12-13-25(29,15-19-9-8-14-28-24(19)22)20-10-7-11-21(26)23(20)27/h7-11,14,16-18,22,29H,12-13,15H2,1-6H3/t22-,25+/m0/s1. The van der Waals surface area contributed by atoms with Crippen LogP contribution in [0.5, 0.6) is 0 Å². The van der Waals surface area contributed by atoms with Gasteiger partial charge in [0.2, 0.25) is 8.32 Å². The summed E-state index contributed by atoms with van der Waals surface area (Å²) in [6.45, 7) is 13.4. The van der Waals surface area contributed by atoms with Crippen LogP contribution < -0.4 is 0 Å². The van der Waals surface area contributed by atoms with Crippen molar-refractivity contribution in [2.45, 2.75) is 89.1 Å². The van der Waals surface area contributed by atoms with E-state index in [-0.39, 0.29) is 24.5 Å². The van der Waals surface area contributed by atoms with E-state index in [0.717, 1.165) is 17.3 Å². The molecule has 0 saturated heterocycles. The van der Waals surface area contributed by atoms with E-state index >= 15 is 0 Å². The Bertz CT molecular complexity index is 896. The normalized spacial score (nSPS) is 22.1. The lowest BCUT2D eigenvalue weighted by atomic mass is 9.85. The van der Waals surface area contributed by atoms with Gasteiger partial charge >= 0.3 is 0 Å². The fraction of sp³-hybridized carbons (Fsp3) is 0.560. The molecule has 0 fully saturated rings. The summed E-state index contributed by atoms with van der Waals surface area (Å²) in [7, 11) is -2.21. The maximum atomic E-state index is 14.7. The van der Waals surface area contributed by atoms with Crippen LogP contribution in [0.4, 0.5) is 8.78 Å². The second-order valence-electron chi connectivity index (χ2n) is 9.82. The highest BCUT2D eigenvalue weighted by atomic mass is 28.4. The summed E-state index contributed by atoms with van der Waals surface area (Å²) in [5.74, 6) is -1.93. The van der Waals surface area contributed by atoms with E-state index in [1.54, 1.807) is 6.20 Å². The number of rotatable bonds is 6. The SMILES string of the molecule is CC(C)[Si](O[C@H]1CC[C@](O)(c2cccc(F)c2F)Cc2cccnc21)(C(C)C)C(C)C. The lowest BCUT2D eigenvalue weighted by Gasteiger charge is -2.44. The molecule has 1 heterocycles. The molecule has 1 aromatic heterocycles. The van der Waals surface area contributed by atoms with Gasteiger partial charge in [-0.1, -0.05) is 59.7 Å². The number of benzene rings is 1. The van der Waals surface area contributed by atoms with Gasteiger partial charge in [-0.15, -0.1) is 0 Å². The molecule has 3 rings (SSSR count). The van der Waals surface area contributed by atoms with Crippen molar-refractivity contribution in [3.63, 3.8) is 0 Å². The summed E-state index contributed by atoms with van der Waals surface area (Å²) in [5.41, 5.74) is 1.35. The van der Waals surface area contributed by atoms with Gasteiger partial charge in [-0.05, 0) is 47.2 Å². The molecule has 6 heteroatoms. The molecular weight excluding hydrogens is 412 g/mol. The van der Waals surface area contributed by atoms with E-state index in [1.807, 2.05) is 12.1 Å². The Morgan fingerprint density at radius 1 is 1.03 bits per heavy atom. The van der Waals surface area contributed by atoms with Crippen molar-refractivity contribution in [2.75, 3.05) is 0 Å². The molecule has 2 atom stereocenters. The van der Waals surface area contributed by atoms with Gasteiger partial charge < -0.3 is 9.53 Å². The zero-order valence-corrected chi connectivity index (χ0v) is 20.5. The van der Waals surface area contributed by atoms with Gasteiger partial charge in [-0.25, -0.2) is 8.78 Å². The summed E-state index contributed by atoms with van der Waals surface area (Å²) in [6.07, 6.45) is 2.41. The van der Waals surface area contributed by atoms with Gasteiger partial charge in [-0.2, -0.15) is 0 Å². The minimum atomic E-state index is -2.21. The molecule has 3 nitrogen and oxygen atoms in total. The molecular formula is C25H35F2NO2Si. The first-order chi connectivity index (χ1) is 14.5. The number of halogens is 2. The Kier molecular flexibility index (Phi) is 7.04. The zero-order valence-electron chi connectivity index (χ0n) is 19.5. The van der Waals surface area contributed by atoms with Crippen molar-refractivity contribution in [3.05, 3.63) is 65.0 Å². The molecule has 31 heavy (non-hydrogen) atoms. The van der Waals surface area contributed by atoms with Crippen LogP contribution in [0.3, 0.4) is 0 Å². The summed E-state index contributed by atoms with van der Waals surface area (Å²) in [5, 5.41) is 11.5. The largest absolute Gasteiger partial charge is 0.408 e. The van der Waals surface area contributed by atoms with E-state index in [4.69, 9.17) is 4.43 Å². The number of hydrogen-bond acceptors (Lipinski definition) is 3. The topological polar surface area (TPSA) is 42.4 Å². The van der Waals surface area contributed by atoms with Gasteiger partial charge in [0.15, 0.2) is 11.6 Å². The van der Waals surface area contributed by atoms with Crippen LogP contribution in [0.25, 0.3) is 0 Å². The lowest BCUT2D eigenvalue weighted by Crippen LogP contribution is -2.48. The molecule has 1 aliphatic rings. The van der Waals surface area contributed by atoms with Crippen molar-refractivity contribution in [1.82, 2.24) is 4.98 Å². The van der Waals surface area contributed by atoms with Crippen LogP contribution in [0.15, 0.2) is 36.5 Å². The second kappa shape index (κ2) is 9.08. The Hall–Kier alpha value is -1.63. The van der Waals surface area contributed by atoms with Crippen molar-refractivity contribution in [1.29, 1.82) is 0 Å². The van der Waals surface area contributed by atoms with Crippen LogP contribution in [0, 0.1) is 11.6 Å². The molecule has 0 bridgehead atoms. The molecule has 170 valence electrons. The monoisotopic (exact) mass is 447 g/mol. The van der Waals surface area contributed by atoms with E-state index in [0.29, 0.717) is 23.0 Å². The smallest absolute Gasteiger partial charge is 0.201 e. The zero-order chi connectivity index (χ0) is 23.0. The third-order valence-corrected chi connectivity index (χ3v) is 13.1. The summed E-state index contributed by atoms with van der Waals surface area (Å²) in [4.78, 5) is 4.64. The van der Waals surface area contributed by atoms with Crippen LogP contribution in [0.1, 0.15) is 77.3 Å². The van der Waals surface area contributed by atoms with Crippen molar-refractivity contribution >= 4 is 8.32 Å². The van der Waals surface area contributed by atoms with Crippen molar-refractivity contribution in [3.8, 4) is 0 Å². The Labute approximate surface area is 186 Å². The Balaban J connectivity index is 2.06.